The van der Waals surface area contributed by atoms with Gasteiger partial charge in [-0.15, -0.1) is 11.3 Å². The van der Waals surface area contributed by atoms with Gasteiger partial charge in [-0.1, -0.05) is 24.3 Å². The molecule has 0 unspecified atom stereocenters. The molecule has 3 aromatic rings. The van der Waals surface area contributed by atoms with E-state index < -0.39 is 7.12 Å². The van der Waals surface area contributed by atoms with Crippen LogP contribution in [0.15, 0.2) is 36.4 Å². The van der Waals surface area contributed by atoms with E-state index >= 15 is 0 Å². The van der Waals surface area contributed by atoms with Crippen LogP contribution in [0.1, 0.15) is 0 Å². The Morgan fingerprint density at radius 3 is 2.59 bits per heavy atom. The number of halogens is 1. The standard InChI is InChI=1S/C12H8BIO2S/c14-9-6-5-8(13(15)16)12-11(9)7-3-1-2-4-10(7)17-12/h1-6,15-16H. The second-order valence-electron chi connectivity index (χ2n) is 3.81. The van der Waals surface area contributed by atoms with Gasteiger partial charge in [-0.2, -0.15) is 0 Å². The van der Waals surface area contributed by atoms with E-state index in [-0.39, 0.29) is 0 Å². The van der Waals surface area contributed by atoms with Crippen LogP contribution >= 0.6 is 33.9 Å². The van der Waals surface area contributed by atoms with Crippen molar-refractivity contribution in [1.82, 2.24) is 0 Å². The third-order valence-electron chi connectivity index (χ3n) is 2.78. The third-order valence-corrected chi connectivity index (χ3v) is 4.90. The minimum absolute atomic E-state index is 0.585. The van der Waals surface area contributed by atoms with E-state index in [2.05, 4.69) is 34.7 Å². The van der Waals surface area contributed by atoms with Gasteiger partial charge < -0.3 is 10.0 Å². The monoisotopic (exact) mass is 354 g/mol. The van der Waals surface area contributed by atoms with Crippen molar-refractivity contribution in [2.75, 3.05) is 0 Å². The predicted octanol–water partition coefficient (Wildman–Crippen LogP) is 2.34. The summed E-state index contributed by atoms with van der Waals surface area (Å²) >= 11 is 3.89. The van der Waals surface area contributed by atoms with E-state index in [1.807, 2.05) is 18.2 Å². The van der Waals surface area contributed by atoms with E-state index in [0.29, 0.717) is 5.46 Å². The first-order valence-electron chi connectivity index (χ1n) is 5.14. The molecular formula is C12H8BIO2S. The summed E-state index contributed by atoms with van der Waals surface area (Å²) in [4.78, 5) is 0. The van der Waals surface area contributed by atoms with Gasteiger partial charge in [-0.05, 0) is 40.2 Å². The zero-order valence-corrected chi connectivity index (χ0v) is 11.7. The zero-order chi connectivity index (χ0) is 12.0. The highest BCUT2D eigenvalue weighted by Gasteiger charge is 2.18. The Morgan fingerprint density at radius 2 is 1.82 bits per heavy atom. The lowest BCUT2D eigenvalue weighted by Gasteiger charge is -2.02. The predicted molar refractivity (Wildman–Crippen MR) is 81.9 cm³/mol. The molecule has 0 aliphatic heterocycles. The Labute approximate surface area is 116 Å². The lowest BCUT2D eigenvalue weighted by molar-refractivity contribution is 0.426. The van der Waals surface area contributed by atoms with Gasteiger partial charge in [0.05, 0.1) is 0 Å². The van der Waals surface area contributed by atoms with Gasteiger partial charge in [-0.3, -0.25) is 0 Å². The van der Waals surface area contributed by atoms with Gasteiger partial charge in [0.15, 0.2) is 0 Å². The summed E-state index contributed by atoms with van der Waals surface area (Å²) in [6.07, 6.45) is 0. The smallest absolute Gasteiger partial charge is 0.423 e. The highest BCUT2D eigenvalue weighted by atomic mass is 127. The molecule has 0 amide bonds. The molecule has 84 valence electrons. The van der Waals surface area contributed by atoms with Crippen LogP contribution in [0.3, 0.4) is 0 Å². The minimum atomic E-state index is -1.41. The average molecular weight is 354 g/mol. The molecule has 2 nitrogen and oxygen atoms in total. The van der Waals surface area contributed by atoms with E-state index in [0.717, 1.165) is 13.7 Å². The van der Waals surface area contributed by atoms with Crippen molar-refractivity contribution in [3.63, 3.8) is 0 Å². The number of benzene rings is 2. The molecule has 17 heavy (non-hydrogen) atoms. The molecule has 0 saturated heterocycles. The van der Waals surface area contributed by atoms with Crippen LogP contribution in [0.2, 0.25) is 0 Å². The molecule has 2 N–H and O–H groups in total. The summed E-state index contributed by atoms with van der Waals surface area (Å²) in [5.74, 6) is 0. The Balaban J connectivity index is 2.54. The summed E-state index contributed by atoms with van der Waals surface area (Å²) in [6, 6.07) is 11.8. The fraction of sp³-hybridized carbons (Fsp3) is 0. The van der Waals surface area contributed by atoms with Gasteiger partial charge in [0.1, 0.15) is 0 Å². The first kappa shape index (κ1) is 11.5. The maximum atomic E-state index is 9.40. The van der Waals surface area contributed by atoms with Gasteiger partial charge in [0.25, 0.3) is 0 Å². The Kier molecular flexibility index (Phi) is 2.86. The largest absolute Gasteiger partial charge is 0.489 e. The van der Waals surface area contributed by atoms with Crippen molar-refractivity contribution in [2.45, 2.75) is 0 Å². The third kappa shape index (κ3) is 1.77. The van der Waals surface area contributed by atoms with Crippen LogP contribution in [-0.2, 0) is 0 Å². The molecule has 0 atom stereocenters. The van der Waals surface area contributed by atoms with Crippen LogP contribution in [0.25, 0.3) is 20.2 Å². The van der Waals surface area contributed by atoms with Gasteiger partial charge >= 0.3 is 7.12 Å². The lowest BCUT2D eigenvalue weighted by Crippen LogP contribution is -2.29. The van der Waals surface area contributed by atoms with Crippen LogP contribution in [0.5, 0.6) is 0 Å². The summed E-state index contributed by atoms with van der Waals surface area (Å²) in [6.45, 7) is 0. The molecule has 0 fully saturated rings. The van der Waals surface area contributed by atoms with Crippen molar-refractivity contribution in [1.29, 1.82) is 0 Å². The molecular weight excluding hydrogens is 346 g/mol. The van der Waals surface area contributed by atoms with E-state index in [1.165, 1.54) is 10.1 Å². The molecule has 0 radical (unpaired) electrons. The molecule has 0 aliphatic carbocycles. The Morgan fingerprint density at radius 1 is 1.06 bits per heavy atom. The SMILES string of the molecule is OB(O)c1ccc(I)c2c1sc1ccccc12. The number of fused-ring (bicyclic) bond motifs is 3. The first-order valence-corrected chi connectivity index (χ1v) is 7.04. The molecule has 0 spiro atoms. The fourth-order valence-electron chi connectivity index (χ4n) is 2.01. The summed E-state index contributed by atoms with van der Waals surface area (Å²) in [7, 11) is -1.41. The van der Waals surface area contributed by atoms with Crippen molar-refractivity contribution in [3.8, 4) is 0 Å². The molecule has 1 aromatic heterocycles. The molecule has 0 saturated carbocycles. The number of thiophene rings is 1. The Hall–Kier alpha value is -0.625. The van der Waals surface area contributed by atoms with Gasteiger partial charge in [-0.25, -0.2) is 0 Å². The van der Waals surface area contributed by atoms with Crippen molar-refractivity contribution in [2.24, 2.45) is 0 Å². The minimum Gasteiger partial charge on any atom is -0.423 e. The number of rotatable bonds is 1. The molecule has 2 aromatic carbocycles. The van der Waals surface area contributed by atoms with Crippen LogP contribution in [-0.4, -0.2) is 17.2 Å². The van der Waals surface area contributed by atoms with E-state index in [1.54, 1.807) is 17.4 Å². The number of hydrogen-bond donors (Lipinski definition) is 2. The van der Waals surface area contributed by atoms with Crippen LogP contribution < -0.4 is 5.46 Å². The maximum absolute atomic E-state index is 9.40. The van der Waals surface area contributed by atoms with Gasteiger partial charge in [0.2, 0.25) is 0 Å². The molecule has 0 aliphatic rings. The molecule has 1 heterocycles. The quantitative estimate of drug-likeness (QED) is 0.520. The number of hydrogen-bond acceptors (Lipinski definition) is 3. The van der Waals surface area contributed by atoms with Crippen molar-refractivity contribution < 1.29 is 10.0 Å². The van der Waals surface area contributed by atoms with E-state index in [9.17, 15) is 10.0 Å². The molecule has 5 heteroatoms. The summed E-state index contributed by atoms with van der Waals surface area (Å²) in [5, 5.41) is 21.1. The second-order valence-corrected chi connectivity index (χ2v) is 6.03. The topological polar surface area (TPSA) is 40.5 Å². The molecule has 3 rings (SSSR count). The summed E-state index contributed by atoms with van der Waals surface area (Å²) in [5.41, 5.74) is 0.585. The maximum Gasteiger partial charge on any atom is 0.489 e. The normalized spacial score (nSPS) is 11.2. The molecule has 0 bridgehead atoms. The van der Waals surface area contributed by atoms with E-state index in [4.69, 9.17) is 0 Å². The van der Waals surface area contributed by atoms with Crippen LogP contribution in [0.4, 0.5) is 0 Å². The average Bonchev–Trinajstić information content (AvgIpc) is 2.68. The lowest BCUT2D eigenvalue weighted by atomic mass is 9.80. The second kappa shape index (κ2) is 4.24. The Bertz CT molecular complexity index is 708. The van der Waals surface area contributed by atoms with Crippen LogP contribution in [0, 0.1) is 3.57 Å². The van der Waals surface area contributed by atoms with Gasteiger partial charge in [0, 0.05) is 23.7 Å². The van der Waals surface area contributed by atoms with Crippen molar-refractivity contribution in [3.05, 3.63) is 40.0 Å². The fourth-order valence-corrected chi connectivity index (χ4v) is 4.19. The highest BCUT2D eigenvalue weighted by Crippen LogP contribution is 2.35. The zero-order valence-electron chi connectivity index (χ0n) is 8.72. The van der Waals surface area contributed by atoms with Crippen molar-refractivity contribution >= 4 is 66.7 Å². The summed E-state index contributed by atoms with van der Waals surface area (Å²) < 4.78 is 3.28. The highest BCUT2D eigenvalue weighted by molar-refractivity contribution is 14.1. The first-order chi connectivity index (χ1) is 8.18.